The zero-order valence-corrected chi connectivity index (χ0v) is 12.0. The number of hydrogen-bond acceptors (Lipinski definition) is 4. The van der Waals surface area contributed by atoms with Crippen LogP contribution in [0.3, 0.4) is 0 Å². The largest absolute Gasteiger partial charge is 0.385 e. The highest BCUT2D eigenvalue weighted by Crippen LogP contribution is 2.30. The van der Waals surface area contributed by atoms with E-state index in [1.165, 1.54) is 5.56 Å². The molecule has 4 nitrogen and oxygen atoms in total. The van der Waals surface area contributed by atoms with Gasteiger partial charge in [-0.25, -0.2) is 0 Å². The van der Waals surface area contributed by atoms with Gasteiger partial charge in [-0.2, -0.15) is 0 Å². The number of nitrogens with zero attached hydrogens (tertiary/aromatic N) is 1. The lowest BCUT2D eigenvalue weighted by molar-refractivity contribution is -0.385. The van der Waals surface area contributed by atoms with Gasteiger partial charge in [-0.1, -0.05) is 30.3 Å². The number of hydrogen-bond donors (Lipinski definition) is 1. The van der Waals surface area contributed by atoms with Crippen LogP contribution < -0.4 is 5.32 Å². The molecule has 0 aliphatic rings. The molecule has 2 aromatic carbocycles. The first-order valence-corrected chi connectivity index (χ1v) is 7.37. The van der Waals surface area contributed by atoms with E-state index >= 15 is 0 Å². The average molecular weight is 288 g/mol. The Hall–Kier alpha value is -2.01. The molecular weight excluding hydrogens is 272 g/mol. The maximum Gasteiger partial charge on any atom is 0.272 e. The van der Waals surface area contributed by atoms with E-state index in [4.69, 9.17) is 0 Å². The fraction of sp³-hybridized carbons (Fsp3) is 0.200. The molecule has 0 aliphatic heterocycles. The van der Waals surface area contributed by atoms with Crippen LogP contribution in [0.25, 0.3) is 0 Å². The van der Waals surface area contributed by atoms with Crippen molar-refractivity contribution in [3.8, 4) is 0 Å². The molecule has 0 heterocycles. The third-order valence-electron chi connectivity index (χ3n) is 2.73. The third kappa shape index (κ3) is 3.99. The highest BCUT2D eigenvalue weighted by atomic mass is 32.2. The van der Waals surface area contributed by atoms with Gasteiger partial charge in [0.25, 0.3) is 5.69 Å². The Balaban J connectivity index is 2.15. The van der Waals surface area contributed by atoms with Crippen molar-refractivity contribution in [2.45, 2.75) is 17.6 Å². The number of nitro groups is 1. The minimum atomic E-state index is -0.354. The van der Waals surface area contributed by atoms with Crippen molar-refractivity contribution in [3.05, 3.63) is 64.2 Å². The van der Waals surface area contributed by atoms with Crippen LogP contribution in [0.15, 0.2) is 53.4 Å². The van der Waals surface area contributed by atoms with E-state index in [2.05, 4.69) is 17.4 Å². The van der Waals surface area contributed by atoms with Crippen LogP contribution in [0, 0.1) is 10.1 Å². The maximum atomic E-state index is 11.0. The molecule has 0 aliphatic carbocycles. The normalized spacial score (nSPS) is 10.2. The van der Waals surface area contributed by atoms with Gasteiger partial charge in [0.1, 0.15) is 0 Å². The van der Waals surface area contributed by atoms with E-state index in [0.29, 0.717) is 0 Å². The van der Waals surface area contributed by atoms with Crippen molar-refractivity contribution in [2.24, 2.45) is 0 Å². The SMILES string of the molecule is CCNc1cc(SCc2ccccc2)cc([N+](=O)[O-])c1. The minimum Gasteiger partial charge on any atom is -0.385 e. The topological polar surface area (TPSA) is 55.2 Å². The van der Waals surface area contributed by atoms with Gasteiger partial charge in [-0.3, -0.25) is 10.1 Å². The number of benzene rings is 2. The molecule has 0 spiro atoms. The van der Waals surface area contributed by atoms with Gasteiger partial charge >= 0.3 is 0 Å². The molecule has 1 N–H and O–H groups in total. The molecule has 0 bridgehead atoms. The van der Waals surface area contributed by atoms with Crippen molar-refractivity contribution in [1.82, 2.24) is 0 Å². The molecule has 5 heteroatoms. The monoisotopic (exact) mass is 288 g/mol. The summed E-state index contributed by atoms with van der Waals surface area (Å²) in [6.07, 6.45) is 0. The first kappa shape index (κ1) is 14.4. The Morgan fingerprint density at radius 3 is 2.60 bits per heavy atom. The molecule has 0 atom stereocenters. The lowest BCUT2D eigenvalue weighted by atomic mass is 10.2. The Labute approximate surface area is 122 Å². The maximum absolute atomic E-state index is 11.0. The fourth-order valence-electron chi connectivity index (χ4n) is 1.82. The highest BCUT2D eigenvalue weighted by molar-refractivity contribution is 7.98. The van der Waals surface area contributed by atoms with E-state index in [-0.39, 0.29) is 10.6 Å². The van der Waals surface area contributed by atoms with Crippen molar-refractivity contribution >= 4 is 23.1 Å². The van der Waals surface area contributed by atoms with Gasteiger partial charge < -0.3 is 5.32 Å². The van der Waals surface area contributed by atoms with Crippen molar-refractivity contribution in [1.29, 1.82) is 0 Å². The molecule has 2 rings (SSSR count). The number of thioether (sulfide) groups is 1. The van der Waals surface area contributed by atoms with Gasteiger partial charge in [-0.15, -0.1) is 11.8 Å². The summed E-state index contributed by atoms with van der Waals surface area (Å²) < 4.78 is 0. The molecule has 0 fully saturated rings. The molecular formula is C15H16N2O2S. The van der Waals surface area contributed by atoms with Crippen LogP contribution in [0.1, 0.15) is 12.5 Å². The Morgan fingerprint density at radius 2 is 1.95 bits per heavy atom. The summed E-state index contributed by atoms with van der Waals surface area (Å²) in [7, 11) is 0. The van der Waals surface area contributed by atoms with Gasteiger partial charge in [0.2, 0.25) is 0 Å². The zero-order chi connectivity index (χ0) is 14.4. The van der Waals surface area contributed by atoms with Gasteiger partial charge in [0.15, 0.2) is 0 Å². The van der Waals surface area contributed by atoms with E-state index < -0.39 is 0 Å². The summed E-state index contributed by atoms with van der Waals surface area (Å²) in [6, 6.07) is 15.2. The van der Waals surface area contributed by atoms with E-state index in [9.17, 15) is 10.1 Å². The zero-order valence-electron chi connectivity index (χ0n) is 11.2. The second-order valence-corrected chi connectivity index (χ2v) is 5.33. The van der Waals surface area contributed by atoms with Crippen molar-refractivity contribution < 1.29 is 4.92 Å². The van der Waals surface area contributed by atoms with Crippen molar-refractivity contribution in [2.75, 3.05) is 11.9 Å². The predicted molar refractivity (Wildman–Crippen MR) is 83.3 cm³/mol. The number of non-ortho nitro benzene ring substituents is 1. The molecule has 104 valence electrons. The summed E-state index contributed by atoms with van der Waals surface area (Å²) in [5, 5.41) is 14.1. The summed E-state index contributed by atoms with van der Waals surface area (Å²) in [5.41, 5.74) is 2.12. The number of nitrogens with one attached hydrogen (secondary N) is 1. The summed E-state index contributed by atoms with van der Waals surface area (Å²) >= 11 is 1.60. The Morgan fingerprint density at radius 1 is 1.20 bits per heavy atom. The quantitative estimate of drug-likeness (QED) is 0.488. The average Bonchev–Trinajstić information content (AvgIpc) is 2.46. The first-order chi connectivity index (χ1) is 9.69. The summed E-state index contributed by atoms with van der Waals surface area (Å²) in [5.74, 6) is 0.799. The molecule has 0 saturated carbocycles. The van der Waals surface area contributed by atoms with Gasteiger partial charge in [0, 0.05) is 35.0 Å². The predicted octanol–water partition coefficient (Wildman–Crippen LogP) is 4.32. The minimum absolute atomic E-state index is 0.124. The fourth-order valence-corrected chi connectivity index (χ4v) is 2.76. The second kappa shape index (κ2) is 6.96. The van der Waals surface area contributed by atoms with Gasteiger partial charge in [-0.05, 0) is 18.6 Å². The van der Waals surface area contributed by atoms with E-state index in [0.717, 1.165) is 22.9 Å². The molecule has 2 aromatic rings. The molecule has 20 heavy (non-hydrogen) atoms. The molecule has 0 radical (unpaired) electrons. The van der Waals surface area contributed by atoms with Crippen molar-refractivity contribution in [3.63, 3.8) is 0 Å². The second-order valence-electron chi connectivity index (χ2n) is 4.28. The first-order valence-electron chi connectivity index (χ1n) is 6.39. The number of nitro benzene ring substituents is 1. The molecule has 0 amide bonds. The summed E-state index contributed by atoms with van der Waals surface area (Å²) in [6.45, 7) is 2.71. The Kier molecular flexibility index (Phi) is 5.01. The third-order valence-corrected chi connectivity index (χ3v) is 3.78. The number of rotatable bonds is 6. The van der Waals surface area contributed by atoms with Gasteiger partial charge in [0.05, 0.1) is 4.92 Å². The highest BCUT2D eigenvalue weighted by Gasteiger charge is 2.10. The summed E-state index contributed by atoms with van der Waals surface area (Å²) in [4.78, 5) is 11.5. The Bertz CT molecular complexity index is 588. The van der Waals surface area contributed by atoms with Crippen LogP contribution in [0.5, 0.6) is 0 Å². The van der Waals surface area contributed by atoms with E-state index in [1.54, 1.807) is 23.9 Å². The smallest absolute Gasteiger partial charge is 0.272 e. The van der Waals surface area contributed by atoms with E-state index in [1.807, 2.05) is 31.2 Å². The lowest BCUT2D eigenvalue weighted by Gasteiger charge is -2.07. The lowest BCUT2D eigenvalue weighted by Crippen LogP contribution is -1.98. The van der Waals surface area contributed by atoms with Crippen LogP contribution in [-0.4, -0.2) is 11.5 Å². The van der Waals surface area contributed by atoms with Crippen LogP contribution in [-0.2, 0) is 5.75 Å². The van der Waals surface area contributed by atoms with Crippen LogP contribution in [0.2, 0.25) is 0 Å². The van der Waals surface area contributed by atoms with Crippen LogP contribution >= 0.6 is 11.8 Å². The standard InChI is InChI=1S/C15H16N2O2S/c1-2-16-13-8-14(17(18)19)10-15(9-13)20-11-12-6-4-3-5-7-12/h3-10,16H,2,11H2,1H3. The number of anilines is 1. The molecule has 0 saturated heterocycles. The molecule has 0 aromatic heterocycles. The van der Waals surface area contributed by atoms with Crippen LogP contribution in [0.4, 0.5) is 11.4 Å². The molecule has 0 unspecified atom stereocenters.